The molecule has 0 aromatic carbocycles. The van der Waals surface area contributed by atoms with E-state index in [1.165, 1.54) is 12.8 Å². The molecule has 8 heteroatoms. The summed E-state index contributed by atoms with van der Waals surface area (Å²) in [4.78, 5) is 37.9. The van der Waals surface area contributed by atoms with E-state index in [1.807, 2.05) is 0 Å². The molecule has 2 fully saturated rings. The third-order valence-corrected chi connectivity index (χ3v) is 3.94. The standard InChI is InChI=1S/C13H22N4O4/c14-11(18)4-3-10(12(19)20)15-13(21)17-7-5-16(6-8-17)9-1-2-9/h9-10H,1-8H2,(H2,14,18)(H,15,21)(H,19,20)/t10-/m0/s1. The van der Waals surface area contributed by atoms with Crippen molar-refractivity contribution in [2.75, 3.05) is 26.2 Å². The van der Waals surface area contributed by atoms with Gasteiger partial charge in [-0.1, -0.05) is 0 Å². The van der Waals surface area contributed by atoms with E-state index in [2.05, 4.69) is 10.2 Å². The van der Waals surface area contributed by atoms with Crippen LogP contribution in [0.25, 0.3) is 0 Å². The van der Waals surface area contributed by atoms with Gasteiger partial charge in [-0.2, -0.15) is 0 Å². The van der Waals surface area contributed by atoms with Crippen molar-refractivity contribution in [2.24, 2.45) is 5.73 Å². The van der Waals surface area contributed by atoms with Crippen LogP contribution >= 0.6 is 0 Å². The van der Waals surface area contributed by atoms with Crippen LogP contribution in [0.4, 0.5) is 4.79 Å². The first kappa shape index (κ1) is 15.6. The van der Waals surface area contributed by atoms with Gasteiger partial charge in [0.1, 0.15) is 6.04 Å². The molecule has 2 aliphatic rings. The van der Waals surface area contributed by atoms with Crippen LogP contribution < -0.4 is 11.1 Å². The van der Waals surface area contributed by atoms with Crippen LogP contribution in [0.3, 0.4) is 0 Å². The van der Waals surface area contributed by atoms with Crippen LogP contribution in [-0.2, 0) is 9.59 Å². The Morgan fingerprint density at radius 1 is 1.19 bits per heavy atom. The zero-order valence-electron chi connectivity index (χ0n) is 12.0. The minimum atomic E-state index is -1.15. The summed E-state index contributed by atoms with van der Waals surface area (Å²) in [6.45, 7) is 2.86. The number of hydrogen-bond acceptors (Lipinski definition) is 4. The van der Waals surface area contributed by atoms with Crippen LogP contribution in [0.2, 0.25) is 0 Å². The molecule has 0 aromatic heterocycles. The fraction of sp³-hybridized carbons (Fsp3) is 0.769. The Morgan fingerprint density at radius 2 is 1.81 bits per heavy atom. The van der Waals surface area contributed by atoms with Crippen molar-refractivity contribution in [1.29, 1.82) is 0 Å². The number of rotatable bonds is 6. The molecule has 4 N–H and O–H groups in total. The highest BCUT2D eigenvalue weighted by molar-refractivity contribution is 5.83. The van der Waals surface area contributed by atoms with E-state index in [-0.39, 0.29) is 18.9 Å². The molecule has 0 aromatic rings. The van der Waals surface area contributed by atoms with Gasteiger partial charge in [0.05, 0.1) is 0 Å². The number of aliphatic carboxylic acids is 1. The summed E-state index contributed by atoms with van der Waals surface area (Å²) in [5, 5.41) is 11.5. The van der Waals surface area contributed by atoms with Gasteiger partial charge in [0, 0.05) is 38.6 Å². The number of nitrogens with two attached hydrogens (primary N) is 1. The van der Waals surface area contributed by atoms with E-state index >= 15 is 0 Å². The fourth-order valence-corrected chi connectivity index (χ4v) is 2.51. The number of piperazine rings is 1. The van der Waals surface area contributed by atoms with E-state index in [0.29, 0.717) is 19.1 Å². The molecule has 1 aliphatic carbocycles. The Bertz CT molecular complexity index is 416. The van der Waals surface area contributed by atoms with Crippen molar-refractivity contribution >= 4 is 17.9 Å². The maximum Gasteiger partial charge on any atom is 0.326 e. The molecule has 1 atom stereocenters. The highest BCUT2D eigenvalue weighted by atomic mass is 16.4. The molecule has 3 amide bonds. The lowest BCUT2D eigenvalue weighted by atomic mass is 10.1. The molecule has 0 radical (unpaired) electrons. The van der Waals surface area contributed by atoms with Crippen molar-refractivity contribution in [3.05, 3.63) is 0 Å². The summed E-state index contributed by atoms with van der Waals surface area (Å²) in [6, 6.07) is -0.786. The lowest BCUT2D eigenvalue weighted by Crippen LogP contribution is -2.55. The Hall–Kier alpha value is -1.83. The average Bonchev–Trinajstić information content (AvgIpc) is 3.27. The van der Waals surface area contributed by atoms with Crippen LogP contribution in [0, 0.1) is 0 Å². The monoisotopic (exact) mass is 298 g/mol. The molecule has 118 valence electrons. The molecule has 1 saturated carbocycles. The molecular weight excluding hydrogens is 276 g/mol. The van der Waals surface area contributed by atoms with Crippen LogP contribution in [0.15, 0.2) is 0 Å². The molecular formula is C13H22N4O4. The maximum absolute atomic E-state index is 12.1. The first-order chi connectivity index (χ1) is 9.97. The number of nitrogens with zero attached hydrogens (tertiary/aromatic N) is 2. The van der Waals surface area contributed by atoms with E-state index in [9.17, 15) is 14.4 Å². The Labute approximate surface area is 123 Å². The third kappa shape index (κ3) is 4.59. The Morgan fingerprint density at radius 3 is 2.29 bits per heavy atom. The lowest BCUT2D eigenvalue weighted by molar-refractivity contribution is -0.139. The number of primary amides is 1. The summed E-state index contributed by atoms with van der Waals surface area (Å²) in [5.74, 6) is -1.73. The highest BCUT2D eigenvalue weighted by Crippen LogP contribution is 2.27. The van der Waals surface area contributed by atoms with Gasteiger partial charge in [-0.15, -0.1) is 0 Å². The predicted octanol–water partition coefficient (Wildman–Crippen LogP) is -0.805. The Kier molecular flexibility index (Phi) is 5.00. The molecule has 8 nitrogen and oxygen atoms in total. The van der Waals surface area contributed by atoms with Crippen molar-refractivity contribution in [2.45, 2.75) is 37.8 Å². The number of carboxylic acids is 1. The van der Waals surface area contributed by atoms with Gasteiger partial charge in [0.15, 0.2) is 0 Å². The lowest BCUT2D eigenvalue weighted by Gasteiger charge is -2.35. The molecule has 0 unspecified atom stereocenters. The minimum Gasteiger partial charge on any atom is -0.480 e. The number of hydrogen-bond donors (Lipinski definition) is 3. The second kappa shape index (κ2) is 6.75. The fourth-order valence-electron chi connectivity index (χ4n) is 2.51. The molecule has 1 saturated heterocycles. The number of amides is 3. The summed E-state index contributed by atoms with van der Waals surface area (Å²) in [5.41, 5.74) is 5.00. The van der Waals surface area contributed by atoms with E-state index in [0.717, 1.165) is 13.1 Å². The van der Waals surface area contributed by atoms with Gasteiger partial charge in [-0.3, -0.25) is 9.69 Å². The number of nitrogens with one attached hydrogen (secondary N) is 1. The van der Waals surface area contributed by atoms with Gasteiger partial charge in [0.2, 0.25) is 5.91 Å². The first-order valence-electron chi connectivity index (χ1n) is 7.28. The summed E-state index contributed by atoms with van der Waals surface area (Å²) >= 11 is 0. The van der Waals surface area contributed by atoms with Gasteiger partial charge in [0.25, 0.3) is 0 Å². The molecule has 21 heavy (non-hydrogen) atoms. The molecule has 1 aliphatic heterocycles. The minimum absolute atomic E-state index is 0.0123. The predicted molar refractivity (Wildman–Crippen MR) is 74.6 cm³/mol. The number of carbonyl (C=O) groups excluding carboxylic acids is 2. The Balaban J connectivity index is 1.78. The SMILES string of the molecule is NC(=O)CC[C@H](NC(=O)N1CCN(C2CC2)CC1)C(=O)O. The second-order valence-corrected chi connectivity index (χ2v) is 5.60. The van der Waals surface area contributed by atoms with E-state index < -0.39 is 17.9 Å². The van der Waals surface area contributed by atoms with Gasteiger partial charge in [-0.05, 0) is 19.3 Å². The van der Waals surface area contributed by atoms with E-state index in [1.54, 1.807) is 4.90 Å². The summed E-state index contributed by atoms with van der Waals surface area (Å²) in [7, 11) is 0. The molecule has 2 rings (SSSR count). The topological polar surface area (TPSA) is 116 Å². The highest BCUT2D eigenvalue weighted by Gasteiger charge is 2.33. The normalized spacial score (nSPS) is 20.9. The zero-order chi connectivity index (χ0) is 15.4. The quantitative estimate of drug-likeness (QED) is 0.593. The van der Waals surface area contributed by atoms with E-state index in [4.69, 9.17) is 10.8 Å². The molecule has 0 bridgehead atoms. The van der Waals surface area contributed by atoms with Crippen LogP contribution in [-0.4, -0.2) is 71.1 Å². The smallest absolute Gasteiger partial charge is 0.326 e. The van der Waals surface area contributed by atoms with Crippen molar-refractivity contribution in [1.82, 2.24) is 15.1 Å². The third-order valence-electron chi connectivity index (χ3n) is 3.94. The molecule has 0 spiro atoms. The van der Waals surface area contributed by atoms with Gasteiger partial charge >= 0.3 is 12.0 Å². The van der Waals surface area contributed by atoms with Gasteiger partial charge in [-0.25, -0.2) is 9.59 Å². The van der Waals surface area contributed by atoms with Gasteiger partial charge < -0.3 is 21.1 Å². The van der Waals surface area contributed by atoms with Crippen molar-refractivity contribution < 1.29 is 19.5 Å². The zero-order valence-corrected chi connectivity index (χ0v) is 12.0. The average molecular weight is 298 g/mol. The molecule has 1 heterocycles. The summed E-state index contributed by atoms with van der Waals surface area (Å²) < 4.78 is 0. The second-order valence-electron chi connectivity index (χ2n) is 5.60. The number of carbonyl (C=O) groups is 3. The van der Waals surface area contributed by atoms with Crippen LogP contribution in [0.1, 0.15) is 25.7 Å². The van der Waals surface area contributed by atoms with Crippen LogP contribution in [0.5, 0.6) is 0 Å². The number of carboxylic acid groups (broad SMARTS) is 1. The number of urea groups is 1. The van der Waals surface area contributed by atoms with Crippen molar-refractivity contribution in [3.63, 3.8) is 0 Å². The summed E-state index contributed by atoms with van der Waals surface area (Å²) in [6.07, 6.45) is 2.42. The maximum atomic E-state index is 12.1. The largest absolute Gasteiger partial charge is 0.480 e. The first-order valence-corrected chi connectivity index (χ1v) is 7.28. The van der Waals surface area contributed by atoms with Crippen molar-refractivity contribution in [3.8, 4) is 0 Å².